The normalized spacial score (nSPS) is 25.2. The molecule has 4 nitrogen and oxygen atoms in total. The molecule has 1 aliphatic carbocycles. The SMILES string of the molecule is CCC(CC)C(NC(=O)C1CC1C)C(=O)O. The second kappa shape index (κ2) is 5.32. The molecule has 0 saturated heterocycles. The number of aliphatic carboxylic acids is 1. The standard InChI is InChI=1S/C12H21NO3/c1-4-8(5-2)10(12(15)16)13-11(14)9-6-7(9)3/h7-10H,4-6H2,1-3H3,(H,13,14)(H,15,16). The average Bonchev–Trinajstić information content (AvgIpc) is 2.95. The van der Waals surface area contributed by atoms with Gasteiger partial charge in [0, 0.05) is 5.92 Å². The number of hydrogen-bond acceptors (Lipinski definition) is 2. The first-order valence-corrected chi connectivity index (χ1v) is 6.04. The molecule has 0 heterocycles. The Kier molecular flexibility index (Phi) is 4.33. The van der Waals surface area contributed by atoms with Crippen molar-refractivity contribution in [1.82, 2.24) is 5.32 Å². The van der Waals surface area contributed by atoms with Crippen LogP contribution in [0.15, 0.2) is 0 Å². The van der Waals surface area contributed by atoms with E-state index in [2.05, 4.69) is 5.32 Å². The first-order chi connectivity index (χ1) is 7.51. The molecule has 0 radical (unpaired) electrons. The zero-order valence-electron chi connectivity index (χ0n) is 10.2. The molecule has 3 unspecified atom stereocenters. The molecule has 1 saturated carbocycles. The van der Waals surface area contributed by atoms with Crippen molar-refractivity contribution in [2.75, 3.05) is 0 Å². The highest BCUT2D eigenvalue weighted by atomic mass is 16.4. The minimum atomic E-state index is -0.921. The van der Waals surface area contributed by atoms with E-state index < -0.39 is 12.0 Å². The van der Waals surface area contributed by atoms with E-state index in [0.717, 1.165) is 19.3 Å². The molecule has 4 heteroatoms. The van der Waals surface area contributed by atoms with Crippen LogP contribution < -0.4 is 5.32 Å². The number of carbonyl (C=O) groups excluding carboxylic acids is 1. The fourth-order valence-electron chi connectivity index (χ4n) is 2.09. The molecule has 1 aliphatic rings. The first kappa shape index (κ1) is 13.0. The van der Waals surface area contributed by atoms with Gasteiger partial charge in [0.1, 0.15) is 6.04 Å². The molecule has 0 aromatic heterocycles. The minimum Gasteiger partial charge on any atom is -0.480 e. The quantitative estimate of drug-likeness (QED) is 0.725. The van der Waals surface area contributed by atoms with Crippen LogP contribution in [0.1, 0.15) is 40.0 Å². The van der Waals surface area contributed by atoms with Crippen molar-refractivity contribution in [3.63, 3.8) is 0 Å². The van der Waals surface area contributed by atoms with Gasteiger partial charge in [0.05, 0.1) is 0 Å². The topological polar surface area (TPSA) is 66.4 Å². The summed E-state index contributed by atoms with van der Waals surface area (Å²) in [4.78, 5) is 22.8. The van der Waals surface area contributed by atoms with Crippen molar-refractivity contribution in [3.8, 4) is 0 Å². The van der Waals surface area contributed by atoms with Crippen LogP contribution in [-0.2, 0) is 9.59 Å². The summed E-state index contributed by atoms with van der Waals surface area (Å²) < 4.78 is 0. The van der Waals surface area contributed by atoms with E-state index in [4.69, 9.17) is 5.11 Å². The van der Waals surface area contributed by atoms with Gasteiger partial charge < -0.3 is 10.4 Å². The summed E-state index contributed by atoms with van der Waals surface area (Å²) >= 11 is 0. The maximum Gasteiger partial charge on any atom is 0.326 e. The predicted octanol–water partition coefficient (Wildman–Crippen LogP) is 1.65. The fraction of sp³-hybridized carbons (Fsp3) is 0.833. The van der Waals surface area contributed by atoms with Gasteiger partial charge in [0.25, 0.3) is 0 Å². The Labute approximate surface area is 96.4 Å². The van der Waals surface area contributed by atoms with Crippen LogP contribution in [0.3, 0.4) is 0 Å². The molecule has 0 bridgehead atoms. The summed E-state index contributed by atoms with van der Waals surface area (Å²) in [7, 11) is 0. The van der Waals surface area contributed by atoms with Gasteiger partial charge in [-0.25, -0.2) is 4.79 Å². The molecule has 0 spiro atoms. The lowest BCUT2D eigenvalue weighted by Crippen LogP contribution is -2.46. The lowest BCUT2D eigenvalue weighted by Gasteiger charge is -2.22. The zero-order valence-corrected chi connectivity index (χ0v) is 10.2. The second-order valence-corrected chi connectivity index (χ2v) is 4.72. The van der Waals surface area contributed by atoms with Crippen LogP contribution in [0.2, 0.25) is 0 Å². The maximum atomic E-state index is 11.7. The van der Waals surface area contributed by atoms with Crippen molar-refractivity contribution < 1.29 is 14.7 Å². The van der Waals surface area contributed by atoms with E-state index in [9.17, 15) is 9.59 Å². The molecule has 1 rings (SSSR count). The third-order valence-corrected chi connectivity index (χ3v) is 3.53. The Morgan fingerprint density at radius 3 is 2.19 bits per heavy atom. The van der Waals surface area contributed by atoms with E-state index in [1.54, 1.807) is 0 Å². The highest BCUT2D eigenvalue weighted by Gasteiger charge is 2.41. The number of nitrogens with one attached hydrogen (secondary N) is 1. The Hall–Kier alpha value is -1.06. The average molecular weight is 227 g/mol. The molecule has 92 valence electrons. The third-order valence-electron chi connectivity index (χ3n) is 3.53. The number of carboxylic acids is 1. The largest absolute Gasteiger partial charge is 0.480 e. The molecular weight excluding hydrogens is 206 g/mol. The van der Waals surface area contributed by atoms with Crippen LogP contribution in [0.5, 0.6) is 0 Å². The Morgan fingerprint density at radius 2 is 1.88 bits per heavy atom. The highest BCUT2D eigenvalue weighted by Crippen LogP contribution is 2.37. The number of carbonyl (C=O) groups is 2. The summed E-state index contributed by atoms with van der Waals surface area (Å²) in [5, 5.41) is 11.8. The Balaban J connectivity index is 2.57. The van der Waals surface area contributed by atoms with E-state index >= 15 is 0 Å². The minimum absolute atomic E-state index is 0.0236. The summed E-state index contributed by atoms with van der Waals surface area (Å²) in [6, 6.07) is -0.727. The van der Waals surface area contributed by atoms with Gasteiger partial charge >= 0.3 is 5.97 Å². The van der Waals surface area contributed by atoms with E-state index in [1.165, 1.54) is 0 Å². The molecule has 2 N–H and O–H groups in total. The van der Waals surface area contributed by atoms with Gasteiger partial charge in [-0.05, 0) is 18.3 Å². The highest BCUT2D eigenvalue weighted by molar-refractivity contribution is 5.86. The molecule has 1 fully saturated rings. The van der Waals surface area contributed by atoms with Crippen LogP contribution in [-0.4, -0.2) is 23.0 Å². The number of hydrogen-bond donors (Lipinski definition) is 2. The predicted molar refractivity (Wildman–Crippen MR) is 60.9 cm³/mol. The summed E-state index contributed by atoms with van der Waals surface area (Å²) in [5.74, 6) is -0.537. The number of amides is 1. The zero-order chi connectivity index (χ0) is 12.3. The monoisotopic (exact) mass is 227 g/mol. The molecular formula is C12H21NO3. The molecule has 0 aromatic rings. The van der Waals surface area contributed by atoms with Crippen LogP contribution in [0, 0.1) is 17.8 Å². The summed E-state index contributed by atoms with van der Waals surface area (Å²) in [5.41, 5.74) is 0. The van der Waals surface area contributed by atoms with Crippen molar-refractivity contribution in [1.29, 1.82) is 0 Å². The molecule has 1 amide bonds. The van der Waals surface area contributed by atoms with Gasteiger partial charge in [-0.2, -0.15) is 0 Å². The summed E-state index contributed by atoms with van der Waals surface area (Å²) in [6.45, 7) is 5.92. The lowest BCUT2D eigenvalue weighted by atomic mass is 9.94. The third kappa shape index (κ3) is 2.97. The van der Waals surface area contributed by atoms with E-state index in [0.29, 0.717) is 5.92 Å². The Morgan fingerprint density at radius 1 is 1.38 bits per heavy atom. The lowest BCUT2D eigenvalue weighted by molar-refractivity contribution is -0.143. The van der Waals surface area contributed by atoms with Crippen molar-refractivity contribution in [2.24, 2.45) is 17.8 Å². The molecule has 0 aliphatic heterocycles. The molecule has 0 aromatic carbocycles. The van der Waals surface area contributed by atoms with E-state index in [-0.39, 0.29) is 17.7 Å². The molecule has 16 heavy (non-hydrogen) atoms. The second-order valence-electron chi connectivity index (χ2n) is 4.72. The number of carboxylic acid groups (broad SMARTS) is 1. The van der Waals surface area contributed by atoms with Crippen molar-refractivity contribution >= 4 is 11.9 Å². The van der Waals surface area contributed by atoms with Gasteiger partial charge in [-0.15, -0.1) is 0 Å². The van der Waals surface area contributed by atoms with Crippen LogP contribution in [0.25, 0.3) is 0 Å². The Bertz CT molecular complexity index is 273. The van der Waals surface area contributed by atoms with Crippen LogP contribution in [0.4, 0.5) is 0 Å². The van der Waals surface area contributed by atoms with Crippen LogP contribution >= 0.6 is 0 Å². The fourth-order valence-corrected chi connectivity index (χ4v) is 2.09. The van der Waals surface area contributed by atoms with Crippen molar-refractivity contribution in [2.45, 2.75) is 46.1 Å². The first-order valence-electron chi connectivity index (χ1n) is 6.04. The van der Waals surface area contributed by atoms with Gasteiger partial charge in [0.15, 0.2) is 0 Å². The smallest absolute Gasteiger partial charge is 0.326 e. The number of rotatable bonds is 6. The van der Waals surface area contributed by atoms with Gasteiger partial charge in [-0.3, -0.25) is 4.79 Å². The molecule has 3 atom stereocenters. The van der Waals surface area contributed by atoms with E-state index in [1.807, 2.05) is 20.8 Å². The summed E-state index contributed by atoms with van der Waals surface area (Å²) in [6.07, 6.45) is 2.43. The van der Waals surface area contributed by atoms with Gasteiger partial charge in [-0.1, -0.05) is 33.6 Å². The van der Waals surface area contributed by atoms with Gasteiger partial charge in [0.2, 0.25) is 5.91 Å². The maximum absolute atomic E-state index is 11.7. The van der Waals surface area contributed by atoms with Crippen molar-refractivity contribution in [3.05, 3.63) is 0 Å².